The number of fused-ring (bicyclic) bond motifs is 1. The lowest BCUT2D eigenvalue weighted by Gasteiger charge is -1.90. The molecule has 68 valence electrons. The molecule has 0 saturated carbocycles. The van der Waals surface area contributed by atoms with Gasteiger partial charge >= 0.3 is 6.43 Å². The van der Waals surface area contributed by atoms with Gasteiger partial charge in [0, 0.05) is 0 Å². The van der Waals surface area contributed by atoms with Crippen LogP contribution < -0.4 is 0 Å². The van der Waals surface area contributed by atoms with E-state index in [4.69, 9.17) is 4.42 Å². The maximum absolute atomic E-state index is 12.2. The van der Waals surface area contributed by atoms with E-state index in [1.165, 1.54) is 0 Å². The second-order valence-electron chi connectivity index (χ2n) is 2.78. The topological polar surface area (TPSA) is 26.0 Å². The van der Waals surface area contributed by atoms with Crippen molar-refractivity contribution in [1.29, 1.82) is 0 Å². The number of aromatic nitrogens is 1. The first-order chi connectivity index (χ1) is 6.18. The van der Waals surface area contributed by atoms with E-state index >= 15 is 0 Å². The number of hydrogen-bond donors (Lipinski definition) is 0. The first kappa shape index (κ1) is 8.16. The van der Waals surface area contributed by atoms with Gasteiger partial charge in [0.2, 0.25) is 0 Å². The molecule has 0 amide bonds. The van der Waals surface area contributed by atoms with Crippen LogP contribution in [0, 0.1) is 6.92 Å². The fourth-order valence-corrected chi connectivity index (χ4v) is 1.20. The summed E-state index contributed by atoms with van der Waals surface area (Å²) in [5.41, 5.74) is 1.74. The molecule has 0 unspecified atom stereocenters. The summed E-state index contributed by atoms with van der Waals surface area (Å²) in [6, 6.07) is 5.20. The zero-order chi connectivity index (χ0) is 9.42. The summed E-state index contributed by atoms with van der Waals surface area (Å²) in [5.74, 6) is -0.510. The Labute approximate surface area is 73.2 Å². The third-order valence-corrected chi connectivity index (χ3v) is 1.82. The van der Waals surface area contributed by atoms with Crippen molar-refractivity contribution in [3.05, 3.63) is 29.7 Å². The second kappa shape index (κ2) is 2.80. The van der Waals surface area contributed by atoms with E-state index < -0.39 is 12.3 Å². The van der Waals surface area contributed by atoms with Crippen LogP contribution >= 0.6 is 0 Å². The molecule has 0 aliphatic carbocycles. The highest BCUT2D eigenvalue weighted by molar-refractivity contribution is 5.75. The summed E-state index contributed by atoms with van der Waals surface area (Å²) >= 11 is 0. The maximum atomic E-state index is 12.2. The Bertz CT molecular complexity index is 436. The quantitative estimate of drug-likeness (QED) is 0.679. The second-order valence-corrected chi connectivity index (χ2v) is 2.78. The van der Waals surface area contributed by atoms with Crippen molar-refractivity contribution in [2.24, 2.45) is 0 Å². The molecule has 13 heavy (non-hydrogen) atoms. The fraction of sp³-hybridized carbons (Fsp3) is 0.222. The van der Waals surface area contributed by atoms with Crippen molar-refractivity contribution in [1.82, 2.24) is 4.98 Å². The van der Waals surface area contributed by atoms with Crippen LogP contribution in [0.1, 0.15) is 17.9 Å². The van der Waals surface area contributed by atoms with Crippen LogP contribution in [-0.2, 0) is 0 Å². The number of aryl methyl sites for hydroxylation is 1. The SMILES string of the molecule is Cc1cccc2nc(C(F)F)oc12. The largest absolute Gasteiger partial charge is 0.435 e. The number of halogens is 2. The monoisotopic (exact) mass is 183 g/mol. The van der Waals surface area contributed by atoms with Gasteiger partial charge < -0.3 is 4.42 Å². The molecule has 2 nitrogen and oxygen atoms in total. The number of hydrogen-bond acceptors (Lipinski definition) is 2. The highest BCUT2D eigenvalue weighted by Crippen LogP contribution is 2.25. The highest BCUT2D eigenvalue weighted by atomic mass is 19.3. The predicted octanol–water partition coefficient (Wildman–Crippen LogP) is 3.07. The fourth-order valence-electron chi connectivity index (χ4n) is 1.20. The molecule has 2 rings (SSSR count). The van der Waals surface area contributed by atoms with Gasteiger partial charge in [-0.05, 0) is 18.6 Å². The Balaban J connectivity index is 2.68. The minimum Gasteiger partial charge on any atom is -0.435 e. The first-order valence-corrected chi connectivity index (χ1v) is 3.82. The van der Waals surface area contributed by atoms with Gasteiger partial charge in [0.1, 0.15) is 5.52 Å². The van der Waals surface area contributed by atoms with E-state index in [0.717, 1.165) is 5.56 Å². The molecule has 0 N–H and O–H groups in total. The van der Waals surface area contributed by atoms with E-state index in [2.05, 4.69) is 4.98 Å². The van der Waals surface area contributed by atoms with E-state index in [-0.39, 0.29) is 0 Å². The Morgan fingerprint density at radius 1 is 1.38 bits per heavy atom. The molecule has 1 aromatic carbocycles. The van der Waals surface area contributed by atoms with Gasteiger partial charge in [-0.15, -0.1) is 0 Å². The number of para-hydroxylation sites is 1. The lowest BCUT2D eigenvalue weighted by molar-refractivity contribution is 0.117. The van der Waals surface area contributed by atoms with E-state index in [1.807, 2.05) is 0 Å². The van der Waals surface area contributed by atoms with Gasteiger partial charge in [-0.2, -0.15) is 8.78 Å². The molecular weight excluding hydrogens is 176 g/mol. The van der Waals surface area contributed by atoms with Crippen molar-refractivity contribution in [2.45, 2.75) is 13.3 Å². The standard InChI is InChI=1S/C9H7F2NO/c1-5-3-2-4-6-7(5)13-9(12-6)8(10)11/h2-4,8H,1H3. The van der Waals surface area contributed by atoms with Gasteiger partial charge in [0.15, 0.2) is 5.58 Å². The van der Waals surface area contributed by atoms with Gasteiger partial charge in [0.25, 0.3) is 5.89 Å². The molecule has 0 saturated heterocycles. The zero-order valence-electron chi connectivity index (χ0n) is 6.92. The Kier molecular flexibility index (Phi) is 1.76. The van der Waals surface area contributed by atoms with E-state index in [0.29, 0.717) is 11.1 Å². The van der Waals surface area contributed by atoms with Crippen LogP contribution in [0.4, 0.5) is 8.78 Å². The summed E-state index contributed by atoms with van der Waals surface area (Å²) in [7, 11) is 0. The lowest BCUT2D eigenvalue weighted by atomic mass is 10.2. The average molecular weight is 183 g/mol. The molecule has 1 aromatic heterocycles. The first-order valence-electron chi connectivity index (χ1n) is 3.82. The molecule has 0 fully saturated rings. The number of rotatable bonds is 1. The number of benzene rings is 1. The molecule has 0 radical (unpaired) electrons. The number of nitrogens with zero attached hydrogens (tertiary/aromatic N) is 1. The molecule has 4 heteroatoms. The molecule has 0 bridgehead atoms. The predicted molar refractivity (Wildman–Crippen MR) is 43.7 cm³/mol. The van der Waals surface area contributed by atoms with Crippen molar-refractivity contribution in [2.75, 3.05) is 0 Å². The third kappa shape index (κ3) is 1.28. The van der Waals surface area contributed by atoms with Crippen LogP contribution in [0.5, 0.6) is 0 Å². The van der Waals surface area contributed by atoms with E-state index in [1.54, 1.807) is 25.1 Å². The smallest absolute Gasteiger partial charge is 0.313 e. The van der Waals surface area contributed by atoms with Gasteiger partial charge in [0.05, 0.1) is 0 Å². The Morgan fingerprint density at radius 3 is 2.77 bits per heavy atom. The lowest BCUT2D eigenvalue weighted by Crippen LogP contribution is -1.80. The highest BCUT2D eigenvalue weighted by Gasteiger charge is 2.15. The van der Waals surface area contributed by atoms with Crippen LogP contribution in [-0.4, -0.2) is 4.98 Å². The van der Waals surface area contributed by atoms with Gasteiger partial charge in [-0.1, -0.05) is 12.1 Å². The van der Waals surface area contributed by atoms with E-state index in [9.17, 15) is 8.78 Å². The minimum absolute atomic E-state index is 0.442. The minimum atomic E-state index is -2.65. The van der Waals surface area contributed by atoms with Crippen molar-refractivity contribution in [3.63, 3.8) is 0 Å². The van der Waals surface area contributed by atoms with Crippen molar-refractivity contribution in [3.8, 4) is 0 Å². The molecule has 2 aromatic rings. The molecule has 0 atom stereocenters. The van der Waals surface area contributed by atoms with Crippen LogP contribution in [0.15, 0.2) is 22.6 Å². The van der Waals surface area contributed by atoms with Crippen LogP contribution in [0.25, 0.3) is 11.1 Å². The summed E-state index contributed by atoms with van der Waals surface area (Å²) in [4.78, 5) is 3.66. The van der Waals surface area contributed by atoms with Crippen molar-refractivity contribution < 1.29 is 13.2 Å². The summed E-state index contributed by atoms with van der Waals surface area (Å²) < 4.78 is 29.3. The molecule has 1 heterocycles. The van der Waals surface area contributed by atoms with Crippen LogP contribution in [0.3, 0.4) is 0 Å². The Hall–Kier alpha value is -1.45. The molecular formula is C9H7F2NO. The maximum Gasteiger partial charge on any atom is 0.313 e. The molecule has 0 spiro atoms. The van der Waals surface area contributed by atoms with Crippen molar-refractivity contribution >= 4 is 11.1 Å². The van der Waals surface area contributed by atoms with Gasteiger partial charge in [-0.25, -0.2) is 4.98 Å². The van der Waals surface area contributed by atoms with Gasteiger partial charge in [-0.3, -0.25) is 0 Å². The average Bonchev–Trinajstić information content (AvgIpc) is 2.49. The summed E-state index contributed by atoms with van der Waals surface area (Å²) in [5, 5.41) is 0. The summed E-state index contributed by atoms with van der Waals surface area (Å²) in [6.07, 6.45) is -2.65. The third-order valence-electron chi connectivity index (χ3n) is 1.82. The normalized spacial score (nSPS) is 11.4. The zero-order valence-corrected chi connectivity index (χ0v) is 6.92. The number of oxazole rings is 1. The molecule has 0 aliphatic heterocycles. The Morgan fingerprint density at radius 2 is 2.15 bits per heavy atom. The number of alkyl halides is 2. The van der Waals surface area contributed by atoms with Crippen LogP contribution in [0.2, 0.25) is 0 Å². The molecule has 0 aliphatic rings. The summed E-state index contributed by atoms with van der Waals surface area (Å²) in [6.45, 7) is 1.79.